The minimum atomic E-state index is -0.112. The number of aryl methyl sites for hydroxylation is 1. The highest BCUT2D eigenvalue weighted by atomic mass is 35.5. The van der Waals surface area contributed by atoms with Gasteiger partial charge in [0, 0.05) is 18.1 Å². The van der Waals surface area contributed by atoms with E-state index >= 15 is 0 Å². The van der Waals surface area contributed by atoms with Crippen molar-refractivity contribution < 1.29 is 9.53 Å². The third-order valence-corrected chi connectivity index (χ3v) is 3.40. The Morgan fingerprint density at radius 1 is 1.48 bits per heavy atom. The molecule has 0 fully saturated rings. The van der Waals surface area contributed by atoms with Crippen LogP contribution in [0, 0.1) is 6.92 Å². The quantitative estimate of drug-likeness (QED) is 0.815. The van der Waals surface area contributed by atoms with Gasteiger partial charge in [0.05, 0.1) is 0 Å². The summed E-state index contributed by atoms with van der Waals surface area (Å²) in [5.74, 6) is 0.574. The monoisotopic (exact) mass is 330 g/mol. The highest BCUT2D eigenvalue weighted by Gasteiger charge is 2.07. The van der Waals surface area contributed by atoms with Gasteiger partial charge in [0.25, 0.3) is 5.91 Å². The summed E-state index contributed by atoms with van der Waals surface area (Å²) >= 11 is 5.87. The Labute approximate surface area is 136 Å². The van der Waals surface area contributed by atoms with Crippen molar-refractivity contribution in [3.63, 3.8) is 0 Å². The number of halogens is 2. The first kappa shape index (κ1) is 17.8. The summed E-state index contributed by atoms with van der Waals surface area (Å²) in [4.78, 5) is 11.7. The summed E-state index contributed by atoms with van der Waals surface area (Å²) in [6.07, 6.45) is 3.10. The second kappa shape index (κ2) is 8.93. The number of hydrogen-bond donors (Lipinski definition) is 2. The van der Waals surface area contributed by atoms with Gasteiger partial charge in [-0.2, -0.15) is 0 Å². The molecule has 2 N–H and O–H groups in total. The van der Waals surface area contributed by atoms with E-state index in [1.165, 1.54) is 5.57 Å². The zero-order valence-electron chi connectivity index (χ0n) is 11.9. The van der Waals surface area contributed by atoms with Gasteiger partial charge in [0.2, 0.25) is 0 Å². The van der Waals surface area contributed by atoms with Crippen LogP contribution in [0.3, 0.4) is 0 Å². The Bertz CT molecular complexity index is 518. The molecule has 1 aliphatic heterocycles. The Morgan fingerprint density at radius 3 is 2.95 bits per heavy atom. The molecule has 6 heteroatoms. The fraction of sp³-hybridized carbons (Fsp3) is 0.400. The Hall–Kier alpha value is -1.23. The Morgan fingerprint density at radius 2 is 2.29 bits per heavy atom. The van der Waals surface area contributed by atoms with E-state index in [0.29, 0.717) is 17.3 Å². The number of amides is 1. The molecule has 1 heterocycles. The number of benzene rings is 1. The van der Waals surface area contributed by atoms with E-state index in [1.54, 1.807) is 12.1 Å². The summed E-state index contributed by atoms with van der Waals surface area (Å²) in [6.45, 7) is 4.38. The van der Waals surface area contributed by atoms with Crippen LogP contribution in [0.1, 0.15) is 12.0 Å². The number of carbonyl (C=O) groups is 1. The molecule has 1 aromatic rings. The first-order chi connectivity index (χ1) is 9.65. The van der Waals surface area contributed by atoms with Gasteiger partial charge in [-0.1, -0.05) is 23.3 Å². The largest absolute Gasteiger partial charge is 0.484 e. The number of rotatable bonds is 5. The van der Waals surface area contributed by atoms with Crippen molar-refractivity contribution in [1.29, 1.82) is 0 Å². The molecule has 0 saturated carbocycles. The molecule has 2 rings (SSSR count). The summed E-state index contributed by atoms with van der Waals surface area (Å²) < 4.78 is 5.49. The molecule has 1 aromatic carbocycles. The fourth-order valence-corrected chi connectivity index (χ4v) is 2.24. The van der Waals surface area contributed by atoms with E-state index in [1.807, 2.05) is 13.0 Å². The molecule has 0 atom stereocenters. The highest BCUT2D eigenvalue weighted by molar-refractivity contribution is 6.30. The molecule has 0 aromatic heterocycles. The van der Waals surface area contributed by atoms with Crippen molar-refractivity contribution in [2.24, 2.45) is 0 Å². The lowest BCUT2D eigenvalue weighted by atomic mass is 10.1. The second-order valence-electron chi connectivity index (χ2n) is 4.79. The first-order valence-electron chi connectivity index (χ1n) is 6.69. The van der Waals surface area contributed by atoms with E-state index in [0.717, 1.165) is 25.1 Å². The predicted octanol–water partition coefficient (Wildman–Crippen LogP) is 2.48. The summed E-state index contributed by atoms with van der Waals surface area (Å²) in [6, 6.07) is 5.34. The number of ether oxygens (including phenoxy) is 1. The first-order valence-corrected chi connectivity index (χ1v) is 7.07. The van der Waals surface area contributed by atoms with Gasteiger partial charge in [-0.3, -0.25) is 4.79 Å². The van der Waals surface area contributed by atoms with Crippen molar-refractivity contribution >= 4 is 29.9 Å². The maximum atomic E-state index is 11.7. The third-order valence-electron chi connectivity index (χ3n) is 3.17. The summed E-state index contributed by atoms with van der Waals surface area (Å²) in [5.41, 5.74) is 2.19. The Balaban J connectivity index is 0.00000220. The molecule has 0 aliphatic carbocycles. The number of nitrogens with one attached hydrogen (secondary N) is 2. The Kier molecular flexibility index (Phi) is 7.57. The number of carbonyl (C=O) groups excluding carboxylic acids is 1. The van der Waals surface area contributed by atoms with Gasteiger partial charge < -0.3 is 15.4 Å². The van der Waals surface area contributed by atoms with Crippen molar-refractivity contribution in [2.75, 3.05) is 26.2 Å². The average Bonchev–Trinajstić information content (AvgIpc) is 2.45. The predicted molar refractivity (Wildman–Crippen MR) is 87.5 cm³/mol. The molecular formula is C15H20Cl2N2O2. The molecular weight excluding hydrogens is 311 g/mol. The molecule has 0 spiro atoms. The van der Waals surface area contributed by atoms with Crippen molar-refractivity contribution in [3.05, 3.63) is 40.4 Å². The van der Waals surface area contributed by atoms with E-state index in [2.05, 4.69) is 16.7 Å². The molecule has 0 saturated heterocycles. The highest BCUT2D eigenvalue weighted by Crippen LogP contribution is 2.21. The van der Waals surface area contributed by atoms with E-state index in [-0.39, 0.29) is 24.9 Å². The molecule has 1 amide bonds. The van der Waals surface area contributed by atoms with Crippen LogP contribution in [0.15, 0.2) is 29.8 Å². The van der Waals surface area contributed by atoms with Gasteiger partial charge in [0.15, 0.2) is 6.61 Å². The van der Waals surface area contributed by atoms with E-state index in [4.69, 9.17) is 16.3 Å². The van der Waals surface area contributed by atoms with Gasteiger partial charge >= 0.3 is 0 Å². The van der Waals surface area contributed by atoms with Gasteiger partial charge in [0.1, 0.15) is 5.75 Å². The zero-order valence-corrected chi connectivity index (χ0v) is 13.5. The second-order valence-corrected chi connectivity index (χ2v) is 5.23. The number of hydrogen-bond acceptors (Lipinski definition) is 3. The minimum Gasteiger partial charge on any atom is -0.484 e. The molecule has 4 nitrogen and oxygen atoms in total. The molecule has 0 bridgehead atoms. The smallest absolute Gasteiger partial charge is 0.258 e. The zero-order chi connectivity index (χ0) is 14.4. The van der Waals surface area contributed by atoms with Crippen LogP contribution in [-0.4, -0.2) is 32.1 Å². The van der Waals surface area contributed by atoms with Crippen LogP contribution in [-0.2, 0) is 4.79 Å². The van der Waals surface area contributed by atoms with Crippen molar-refractivity contribution in [2.45, 2.75) is 13.3 Å². The van der Waals surface area contributed by atoms with Crippen LogP contribution in [0.4, 0.5) is 0 Å². The van der Waals surface area contributed by atoms with Crippen LogP contribution in [0.2, 0.25) is 5.02 Å². The summed E-state index contributed by atoms with van der Waals surface area (Å²) in [7, 11) is 0. The third kappa shape index (κ3) is 5.96. The summed E-state index contributed by atoms with van der Waals surface area (Å²) in [5, 5.41) is 6.77. The van der Waals surface area contributed by atoms with E-state index in [9.17, 15) is 4.79 Å². The lowest BCUT2D eigenvalue weighted by Crippen LogP contribution is -2.32. The van der Waals surface area contributed by atoms with Crippen LogP contribution in [0.5, 0.6) is 5.75 Å². The molecule has 0 radical (unpaired) electrons. The van der Waals surface area contributed by atoms with Gasteiger partial charge in [-0.25, -0.2) is 0 Å². The van der Waals surface area contributed by atoms with E-state index < -0.39 is 0 Å². The van der Waals surface area contributed by atoms with Crippen molar-refractivity contribution in [3.8, 4) is 5.75 Å². The average molecular weight is 331 g/mol. The molecule has 116 valence electrons. The maximum absolute atomic E-state index is 11.7. The maximum Gasteiger partial charge on any atom is 0.258 e. The molecule has 21 heavy (non-hydrogen) atoms. The molecule has 1 aliphatic rings. The lowest BCUT2D eigenvalue weighted by molar-refractivity contribution is -0.122. The van der Waals surface area contributed by atoms with Crippen molar-refractivity contribution in [1.82, 2.24) is 10.6 Å². The SMILES string of the molecule is Cc1cc(Cl)ccc1OCC(=O)NCC1=CCNCC1.Cl. The topological polar surface area (TPSA) is 50.4 Å². The fourth-order valence-electron chi connectivity index (χ4n) is 2.01. The van der Waals surface area contributed by atoms with Crippen LogP contribution < -0.4 is 15.4 Å². The normalized spacial score (nSPS) is 13.9. The van der Waals surface area contributed by atoms with Gasteiger partial charge in [-0.05, 0) is 43.7 Å². The standard InChI is InChI=1S/C15H19ClN2O2.ClH/c1-11-8-13(16)2-3-14(11)20-10-15(19)18-9-12-4-6-17-7-5-12;/h2-4,8,17H,5-7,9-10H2,1H3,(H,18,19);1H. The van der Waals surface area contributed by atoms with Crippen LogP contribution >= 0.6 is 24.0 Å². The molecule has 0 unspecified atom stereocenters. The van der Waals surface area contributed by atoms with Gasteiger partial charge in [-0.15, -0.1) is 12.4 Å². The lowest BCUT2D eigenvalue weighted by Gasteiger charge is -2.15. The van der Waals surface area contributed by atoms with Crippen LogP contribution in [0.25, 0.3) is 0 Å². The minimum absolute atomic E-state index is 0.